The van der Waals surface area contributed by atoms with E-state index in [1.165, 1.54) is 10.4 Å². The molecule has 0 amide bonds. The van der Waals surface area contributed by atoms with E-state index in [4.69, 9.17) is 0 Å². The smallest absolute Gasteiger partial charge is 0.263 e. The standard InChI is InChI=1S/C17H16F3NO2S/c1-12-9-10-13-5-2-3-8-16(13)21(12)24(22,23)15-7-4-6-14(11-15)17(18,19)20/h2-8,11-12H,9-10H2,1H3. The topological polar surface area (TPSA) is 37.4 Å². The summed E-state index contributed by atoms with van der Waals surface area (Å²) in [6.45, 7) is 1.76. The van der Waals surface area contributed by atoms with E-state index in [1.807, 2.05) is 12.1 Å². The van der Waals surface area contributed by atoms with E-state index in [9.17, 15) is 21.6 Å². The molecule has 2 aromatic rings. The highest BCUT2D eigenvalue weighted by Crippen LogP contribution is 2.36. The zero-order chi connectivity index (χ0) is 17.5. The van der Waals surface area contributed by atoms with Gasteiger partial charge >= 0.3 is 6.18 Å². The molecule has 0 aromatic heterocycles. The van der Waals surface area contributed by atoms with E-state index < -0.39 is 21.8 Å². The minimum absolute atomic E-state index is 0.320. The van der Waals surface area contributed by atoms with Gasteiger partial charge in [-0.2, -0.15) is 13.2 Å². The van der Waals surface area contributed by atoms with Gasteiger partial charge in [-0.1, -0.05) is 24.3 Å². The molecule has 24 heavy (non-hydrogen) atoms. The lowest BCUT2D eigenvalue weighted by Crippen LogP contribution is -2.42. The summed E-state index contributed by atoms with van der Waals surface area (Å²) in [7, 11) is -4.07. The van der Waals surface area contributed by atoms with Crippen LogP contribution in [0.3, 0.4) is 0 Å². The Kier molecular flexibility index (Phi) is 4.07. The van der Waals surface area contributed by atoms with Gasteiger partial charge in [-0.25, -0.2) is 8.42 Å². The Labute approximate surface area is 138 Å². The molecule has 3 nitrogen and oxygen atoms in total. The predicted octanol–water partition coefficient (Wildman–Crippen LogP) is 4.24. The molecule has 0 saturated carbocycles. The first kappa shape index (κ1) is 16.8. The number of benzene rings is 2. The molecule has 1 unspecified atom stereocenters. The van der Waals surface area contributed by atoms with E-state index >= 15 is 0 Å². The van der Waals surface area contributed by atoms with Crippen molar-refractivity contribution in [1.29, 1.82) is 0 Å². The second kappa shape index (κ2) is 5.81. The third-order valence-corrected chi connectivity index (χ3v) is 6.10. The van der Waals surface area contributed by atoms with E-state index in [2.05, 4.69) is 0 Å². The summed E-state index contributed by atoms with van der Waals surface area (Å²) in [4.78, 5) is -0.346. The van der Waals surface area contributed by atoms with Gasteiger partial charge in [0, 0.05) is 6.04 Å². The molecule has 128 valence electrons. The SMILES string of the molecule is CC1CCc2ccccc2N1S(=O)(=O)c1cccc(C(F)(F)F)c1. The van der Waals surface area contributed by atoms with Crippen molar-refractivity contribution < 1.29 is 21.6 Å². The highest BCUT2D eigenvalue weighted by Gasteiger charge is 2.36. The molecule has 0 bridgehead atoms. The third-order valence-electron chi connectivity index (χ3n) is 4.18. The summed E-state index contributed by atoms with van der Waals surface area (Å²) >= 11 is 0. The van der Waals surface area contributed by atoms with Crippen LogP contribution in [-0.2, 0) is 22.6 Å². The van der Waals surface area contributed by atoms with Crippen LogP contribution in [0.1, 0.15) is 24.5 Å². The van der Waals surface area contributed by atoms with Gasteiger partial charge in [-0.05, 0) is 49.6 Å². The fourth-order valence-corrected chi connectivity index (χ4v) is 4.74. The maximum absolute atomic E-state index is 13.0. The van der Waals surface area contributed by atoms with Crippen LogP contribution >= 0.6 is 0 Å². The van der Waals surface area contributed by atoms with Crippen LogP contribution in [-0.4, -0.2) is 14.5 Å². The molecule has 0 spiro atoms. The molecular weight excluding hydrogens is 339 g/mol. The quantitative estimate of drug-likeness (QED) is 0.808. The van der Waals surface area contributed by atoms with Crippen molar-refractivity contribution in [2.75, 3.05) is 4.31 Å². The maximum Gasteiger partial charge on any atom is 0.416 e. The summed E-state index contributed by atoms with van der Waals surface area (Å²) < 4.78 is 66.0. The molecule has 3 rings (SSSR count). The molecule has 1 atom stereocenters. The Morgan fingerprint density at radius 3 is 2.50 bits per heavy atom. The molecule has 1 aliphatic heterocycles. The lowest BCUT2D eigenvalue weighted by Gasteiger charge is -2.36. The van der Waals surface area contributed by atoms with Crippen LogP contribution in [0.25, 0.3) is 0 Å². The molecule has 0 aliphatic carbocycles. The van der Waals surface area contributed by atoms with Gasteiger partial charge in [-0.15, -0.1) is 0 Å². The first-order valence-electron chi connectivity index (χ1n) is 7.51. The first-order valence-corrected chi connectivity index (χ1v) is 8.95. The van der Waals surface area contributed by atoms with Gasteiger partial charge in [0.15, 0.2) is 0 Å². The van der Waals surface area contributed by atoms with Crippen molar-refractivity contribution in [3.05, 3.63) is 59.7 Å². The highest BCUT2D eigenvalue weighted by atomic mass is 32.2. The lowest BCUT2D eigenvalue weighted by molar-refractivity contribution is -0.137. The Hall–Kier alpha value is -2.02. The largest absolute Gasteiger partial charge is 0.416 e. The number of nitrogens with zero attached hydrogens (tertiary/aromatic N) is 1. The Balaban J connectivity index is 2.12. The zero-order valence-corrected chi connectivity index (χ0v) is 13.7. The molecule has 0 fully saturated rings. The van der Waals surface area contributed by atoms with Crippen molar-refractivity contribution in [2.45, 2.75) is 36.9 Å². The van der Waals surface area contributed by atoms with Crippen molar-refractivity contribution in [3.63, 3.8) is 0 Å². The van der Waals surface area contributed by atoms with Gasteiger partial charge < -0.3 is 0 Å². The zero-order valence-electron chi connectivity index (χ0n) is 12.9. The minimum atomic E-state index is -4.59. The van der Waals surface area contributed by atoms with Crippen LogP contribution in [0.5, 0.6) is 0 Å². The summed E-state index contributed by atoms with van der Waals surface area (Å²) in [5.74, 6) is 0. The fourth-order valence-electron chi connectivity index (χ4n) is 2.97. The number of para-hydroxylation sites is 1. The summed E-state index contributed by atoms with van der Waals surface area (Å²) in [6, 6.07) is 10.7. The molecule has 2 aromatic carbocycles. The van der Waals surface area contributed by atoms with Crippen molar-refractivity contribution in [2.24, 2.45) is 0 Å². The Morgan fingerprint density at radius 1 is 1.08 bits per heavy atom. The molecule has 1 heterocycles. The number of halogens is 3. The van der Waals surface area contributed by atoms with E-state index in [0.717, 1.165) is 24.1 Å². The number of alkyl halides is 3. The Bertz CT molecular complexity index is 862. The molecule has 0 radical (unpaired) electrons. The average Bonchev–Trinajstić information content (AvgIpc) is 2.53. The van der Waals surface area contributed by atoms with Gasteiger partial charge in [-0.3, -0.25) is 4.31 Å². The van der Waals surface area contributed by atoms with Crippen LogP contribution < -0.4 is 4.31 Å². The molecule has 0 N–H and O–H groups in total. The van der Waals surface area contributed by atoms with Crippen LogP contribution in [0.15, 0.2) is 53.4 Å². The third kappa shape index (κ3) is 2.88. The number of sulfonamides is 1. The van der Waals surface area contributed by atoms with Crippen LogP contribution in [0, 0.1) is 0 Å². The normalized spacial score (nSPS) is 18.3. The monoisotopic (exact) mass is 355 g/mol. The lowest BCUT2D eigenvalue weighted by atomic mass is 9.99. The van der Waals surface area contributed by atoms with Gasteiger partial charge in [0.25, 0.3) is 10.0 Å². The first-order chi connectivity index (χ1) is 11.2. The molecular formula is C17H16F3NO2S. The van der Waals surface area contributed by atoms with E-state index in [0.29, 0.717) is 18.2 Å². The number of fused-ring (bicyclic) bond motifs is 1. The van der Waals surface area contributed by atoms with Crippen molar-refractivity contribution in [3.8, 4) is 0 Å². The van der Waals surface area contributed by atoms with Gasteiger partial charge in [0.1, 0.15) is 0 Å². The van der Waals surface area contributed by atoms with Gasteiger partial charge in [0.05, 0.1) is 16.1 Å². The maximum atomic E-state index is 13.0. The molecule has 7 heteroatoms. The molecule has 0 saturated heterocycles. The average molecular weight is 355 g/mol. The summed E-state index contributed by atoms with van der Waals surface area (Å²) in [6.07, 6.45) is -3.22. The summed E-state index contributed by atoms with van der Waals surface area (Å²) in [5, 5.41) is 0. The minimum Gasteiger partial charge on any atom is -0.263 e. The van der Waals surface area contributed by atoms with Crippen LogP contribution in [0.4, 0.5) is 18.9 Å². The van der Waals surface area contributed by atoms with E-state index in [1.54, 1.807) is 19.1 Å². The van der Waals surface area contributed by atoms with E-state index in [-0.39, 0.29) is 10.9 Å². The van der Waals surface area contributed by atoms with Crippen molar-refractivity contribution in [1.82, 2.24) is 0 Å². The number of anilines is 1. The molecule has 1 aliphatic rings. The van der Waals surface area contributed by atoms with Gasteiger partial charge in [0.2, 0.25) is 0 Å². The Morgan fingerprint density at radius 2 is 1.79 bits per heavy atom. The number of hydrogen-bond acceptors (Lipinski definition) is 2. The van der Waals surface area contributed by atoms with Crippen LogP contribution in [0.2, 0.25) is 0 Å². The summed E-state index contributed by atoms with van der Waals surface area (Å²) in [5.41, 5.74) is 0.446. The second-order valence-electron chi connectivity index (χ2n) is 5.84. The highest BCUT2D eigenvalue weighted by molar-refractivity contribution is 7.92. The predicted molar refractivity (Wildman–Crippen MR) is 85.3 cm³/mol. The number of aryl methyl sites for hydroxylation is 1. The number of hydrogen-bond donors (Lipinski definition) is 0. The number of rotatable bonds is 2. The second-order valence-corrected chi connectivity index (χ2v) is 7.66. The van der Waals surface area contributed by atoms with Crippen molar-refractivity contribution >= 4 is 15.7 Å². The fraction of sp³-hybridized carbons (Fsp3) is 0.294.